The van der Waals surface area contributed by atoms with E-state index in [-0.39, 0.29) is 0 Å². The molecule has 3 N–H and O–H groups in total. The Balaban J connectivity index is 1.75. The molecule has 1 aromatic carbocycles. The Morgan fingerprint density at radius 2 is 2.04 bits per heavy atom. The number of piperazine rings is 1. The minimum atomic E-state index is 0.443. The van der Waals surface area contributed by atoms with Gasteiger partial charge in [0, 0.05) is 50.0 Å². The van der Waals surface area contributed by atoms with Crippen LogP contribution in [0.1, 0.15) is 5.69 Å². The molecule has 3 aromatic rings. The number of benzene rings is 1. The highest BCUT2D eigenvalue weighted by atomic mass is 35.5. The van der Waals surface area contributed by atoms with E-state index in [1.165, 1.54) is 0 Å². The summed E-state index contributed by atoms with van der Waals surface area (Å²) >= 11 is 6.51. The fourth-order valence-corrected chi connectivity index (χ4v) is 3.36. The number of anilines is 1. The summed E-state index contributed by atoms with van der Waals surface area (Å²) in [6.45, 7) is 4.20. The fourth-order valence-electron chi connectivity index (χ4n) is 3.08. The molecule has 24 heavy (non-hydrogen) atoms. The second-order valence-electron chi connectivity index (χ2n) is 5.87. The number of halogens is 1. The SMILES string of the molecule is NCc1cncn1-c1ccc2nc(N3CCNCC3)c(Cl)cc2c1. The van der Waals surface area contributed by atoms with Crippen molar-refractivity contribution in [3.63, 3.8) is 0 Å². The van der Waals surface area contributed by atoms with Gasteiger partial charge in [-0.3, -0.25) is 0 Å². The summed E-state index contributed by atoms with van der Waals surface area (Å²) < 4.78 is 1.98. The second kappa shape index (κ2) is 6.39. The van der Waals surface area contributed by atoms with Crippen molar-refractivity contribution in [3.05, 3.63) is 47.5 Å². The number of nitrogens with zero attached hydrogens (tertiary/aromatic N) is 4. The predicted octanol–water partition coefficient (Wildman–Crippen LogP) is 1.94. The van der Waals surface area contributed by atoms with Gasteiger partial charge in [0.15, 0.2) is 0 Å². The maximum atomic E-state index is 6.51. The summed E-state index contributed by atoms with van der Waals surface area (Å²) in [4.78, 5) is 11.2. The van der Waals surface area contributed by atoms with Crippen LogP contribution in [0.5, 0.6) is 0 Å². The highest BCUT2D eigenvalue weighted by Gasteiger charge is 2.16. The third kappa shape index (κ3) is 2.73. The van der Waals surface area contributed by atoms with E-state index in [4.69, 9.17) is 22.3 Å². The third-order valence-corrected chi connectivity index (χ3v) is 4.63. The van der Waals surface area contributed by atoms with E-state index >= 15 is 0 Å². The highest BCUT2D eigenvalue weighted by molar-refractivity contribution is 6.33. The molecule has 124 valence electrons. The molecule has 3 heterocycles. The van der Waals surface area contributed by atoms with Crippen molar-refractivity contribution in [1.82, 2.24) is 19.9 Å². The summed E-state index contributed by atoms with van der Waals surface area (Å²) in [7, 11) is 0. The third-order valence-electron chi connectivity index (χ3n) is 4.35. The topological polar surface area (TPSA) is 72.0 Å². The molecule has 0 amide bonds. The molecule has 6 nitrogen and oxygen atoms in total. The van der Waals surface area contributed by atoms with Gasteiger partial charge in [-0.1, -0.05) is 11.6 Å². The van der Waals surface area contributed by atoms with Crippen LogP contribution in [-0.4, -0.2) is 40.7 Å². The van der Waals surface area contributed by atoms with Crippen molar-refractivity contribution in [2.75, 3.05) is 31.1 Å². The molecule has 4 rings (SSSR count). The quantitative estimate of drug-likeness (QED) is 0.761. The second-order valence-corrected chi connectivity index (χ2v) is 6.27. The number of pyridine rings is 1. The lowest BCUT2D eigenvalue weighted by atomic mass is 10.2. The monoisotopic (exact) mass is 342 g/mol. The molecular weight excluding hydrogens is 324 g/mol. The largest absolute Gasteiger partial charge is 0.353 e. The Labute approximate surface area is 145 Å². The number of fused-ring (bicyclic) bond motifs is 1. The van der Waals surface area contributed by atoms with Gasteiger partial charge in [0.05, 0.1) is 22.6 Å². The zero-order chi connectivity index (χ0) is 16.5. The number of rotatable bonds is 3. The molecule has 0 aliphatic carbocycles. The van der Waals surface area contributed by atoms with E-state index in [9.17, 15) is 0 Å². The van der Waals surface area contributed by atoms with E-state index in [2.05, 4.69) is 21.3 Å². The zero-order valence-electron chi connectivity index (χ0n) is 13.2. The molecule has 0 atom stereocenters. The molecule has 0 saturated carbocycles. The number of hydrogen-bond donors (Lipinski definition) is 2. The van der Waals surface area contributed by atoms with E-state index < -0.39 is 0 Å². The molecule has 1 saturated heterocycles. The van der Waals surface area contributed by atoms with Crippen molar-refractivity contribution >= 4 is 28.3 Å². The van der Waals surface area contributed by atoms with Crippen molar-refractivity contribution in [2.24, 2.45) is 5.73 Å². The molecule has 1 fully saturated rings. The normalized spacial score (nSPS) is 15.2. The maximum Gasteiger partial charge on any atom is 0.148 e. The molecule has 0 spiro atoms. The molecule has 7 heteroatoms. The first kappa shape index (κ1) is 15.4. The van der Waals surface area contributed by atoms with Crippen molar-refractivity contribution < 1.29 is 0 Å². The van der Waals surface area contributed by atoms with Gasteiger partial charge in [-0.15, -0.1) is 0 Å². The average molecular weight is 343 g/mol. The average Bonchev–Trinajstić information content (AvgIpc) is 3.10. The van der Waals surface area contributed by atoms with E-state index in [0.717, 1.165) is 54.3 Å². The van der Waals surface area contributed by atoms with Crippen LogP contribution < -0.4 is 16.0 Å². The molecular formula is C17H19ClN6. The van der Waals surface area contributed by atoms with Crippen LogP contribution >= 0.6 is 11.6 Å². The summed E-state index contributed by atoms with van der Waals surface area (Å²) in [6.07, 6.45) is 3.55. The summed E-state index contributed by atoms with van der Waals surface area (Å²) in [5, 5.41) is 5.04. The van der Waals surface area contributed by atoms with Gasteiger partial charge in [-0.05, 0) is 24.3 Å². The van der Waals surface area contributed by atoms with Crippen molar-refractivity contribution in [2.45, 2.75) is 6.54 Å². The van der Waals surface area contributed by atoms with Crippen LogP contribution in [0.4, 0.5) is 5.82 Å². The van der Waals surface area contributed by atoms with E-state index in [1.807, 2.05) is 22.8 Å². The highest BCUT2D eigenvalue weighted by Crippen LogP contribution is 2.29. The van der Waals surface area contributed by atoms with Gasteiger partial charge < -0.3 is 20.5 Å². The molecule has 1 aliphatic heterocycles. The number of imidazole rings is 1. The lowest BCUT2D eigenvalue weighted by Crippen LogP contribution is -2.44. The first-order valence-electron chi connectivity index (χ1n) is 8.04. The molecule has 0 bridgehead atoms. The van der Waals surface area contributed by atoms with Gasteiger partial charge in [0.2, 0.25) is 0 Å². The standard InChI is InChI=1S/C17H19ClN6/c18-15-8-12-7-13(24-11-21-10-14(24)9-19)1-2-16(12)22-17(15)23-5-3-20-4-6-23/h1-2,7-8,10-11,20H,3-6,9,19H2. The van der Waals surface area contributed by atoms with Crippen LogP contribution in [0.25, 0.3) is 16.6 Å². The zero-order valence-corrected chi connectivity index (χ0v) is 14.0. The minimum absolute atomic E-state index is 0.443. The lowest BCUT2D eigenvalue weighted by Gasteiger charge is -2.29. The van der Waals surface area contributed by atoms with Gasteiger partial charge in [-0.25, -0.2) is 9.97 Å². The first-order valence-corrected chi connectivity index (χ1v) is 8.42. The van der Waals surface area contributed by atoms with Crippen LogP contribution in [0.2, 0.25) is 5.02 Å². The molecule has 0 radical (unpaired) electrons. The van der Waals surface area contributed by atoms with Gasteiger partial charge in [0.1, 0.15) is 5.82 Å². The van der Waals surface area contributed by atoms with E-state index in [1.54, 1.807) is 12.5 Å². The maximum absolute atomic E-state index is 6.51. The van der Waals surface area contributed by atoms with Gasteiger partial charge in [0.25, 0.3) is 0 Å². The number of aromatic nitrogens is 3. The Morgan fingerprint density at radius 3 is 2.83 bits per heavy atom. The smallest absolute Gasteiger partial charge is 0.148 e. The number of nitrogens with two attached hydrogens (primary N) is 1. The Morgan fingerprint density at radius 1 is 1.21 bits per heavy atom. The van der Waals surface area contributed by atoms with Crippen molar-refractivity contribution in [1.29, 1.82) is 0 Å². The van der Waals surface area contributed by atoms with Crippen LogP contribution in [0.3, 0.4) is 0 Å². The molecule has 1 aliphatic rings. The van der Waals surface area contributed by atoms with E-state index in [0.29, 0.717) is 11.6 Å². The molecule has 2 aromatic heterocycles. The Kier molecular flexibility index (Phi) is 4.10. The first-order chi connectivity index (χ1) is 11.8. The van der Waals surface area contributed by atoms with Crippen LogP contribution in [0, 0.1) is 0 Å². The Hall–Kier alpha value is -2.15. The Bertz CT molecular complexity index is 869. The number of hydrogen-bond acceptors (Lipinski definition) is 5. The predicted molar refractivity (Wildman–Crippen MR) is 96.8 cm³/mol. The summed E-state index contributed by atoms with van der Waals surface area (Å²) in [5.74, 6) is 0.865. The molecule has 0 unspecified atom stereocenters. The van der Waals surface area contributed by atoms with Crippen LogP contribution in [-0.2, 0) is 6.54 Å². The van der Waals surface area contributed by atoms with Gasteiger partial charge in [-0.2, -0.15) is 0 Å². The van der Waals surface area contributed by atoms with Gasteiger partial charge >= 0.3 is 0 Å². The summed E-state index contributed by atoms with van der Waals surface area (Å²) in [5.41, 5.74) is 8.67. The minimum Gasteiger partial charge on any atom is -0.353 e. The van der Waals surface area contributed by atoms with Crippen LogP contribution in [0.15, 0.2) is 36.8 Å². The van der Waals surface area contributed by atoms with Crippen molar-refractivity contribution in [3.8, 4) is 5.69 Å². The summed E-state index contributed by atoms with van der Waals surface area (Å²) in [6, 6.07) is 8.11. The fraction of sp³-hybridized carbons (Fsp3) is 0.294. The number of nitrogens with one attached hydrogen (secondary N) is 1. The lowest BCUT2D eigenvalue weighted by molar-refractivity contribution is 0.585.